The number of carbonyl (C=O) groups excluding carboxylic acids is 3. The number of hydrogen-bond donors (Lipinski definition) is 4. The van der Waals surface area contributed by atoms with E-state index in [9.17, 15) is 18.8 Å². The number of fused-ring (bicyclic) bond motifs is 9. The van der Waals surface area contributed by atoms with E-state index in [0.29, 0.717) is 64.9 Å². The van der Waals surface area contributed by atoms with E-state index in [1.807, 2.05) is 54.2 Å². The number of nitrogens with one attached hydrogen (secondary N) is 3. The molecule has 9 heterocycles. The van der Waals surface area contributed by atoms with Gasteiger partial charge in [0.25, 0.3) is 17.7 Å². The maximum Gasteiger partial charge on any atom is 0.316 e. The zero-order valence-corrected chi connectivity index (χ0v) is 39.1. The zero-order chi connectivity index (χ0) is 48.2. The molecule has 17 nitrogen and oxygen atoms in total. The van der Waals surface area contributed by atoms with Crippen molar-refractivity contribution in [3.05, 3.63) is 130 Å². The number of nitrogens with two attached hydrogens (primary N) is 1. The minimum Gasteiger partial charge on any atom is -0.467 e. The van der Waals surface area contributed by atoms with Gasteiger partial charge in [-0.1, -0.05) is 23.2 Å². The lowest BCUT2D eigenvalue weighted by molar-refractivity contribution is 0.0920. The van der Waals surface area contributed by atoms with E-state index in [2.05, 4.69) is 50.4 Å². The molecule has 348 valence electrons. The first kappa shape index (κ1) is 44.9. The lowest BCUT2D eigenvalue weighted by Gasteiger charge is -2.18. The number of amides is 3. The maximum absolute atomic E-state index is 14.1. The Bertz CT molecular complexity index is 3560. The molecule has 0 spiro atoms. The summed E-state index contributed by atoms with van der Waals surface area (Å²) in [5, 5.41) is 12.5. The summed E-state index contributed by atoms with van der Waals surface area (Å²) >= 11 is 12.6. The van der Waals surface area contributed by atoms with Gasteiger partial charge in [0.2, 0.25) is 5.95 Å². The first-order valence-corrected chi connectivity index (χ1v) is 22.6. The molecule has 0 fully saturated rings. The van der Waals surface area contributed by atoms with Crippen LogP contribution in [0, 0.1) is 26.6 Å². The number of methoxy groups -OCH3 is 1. The van der Waals surface area contributed by atoms with E-state index >= 15 is 0 Å². The maximum atomic E-state index is 14.1. The van der Waals surface area contributed by atoms with Gasteiger partial charge in [-0.2, -0.15) is 0 Å². The van der Waals surface area contributed by atoms with Gasteiger partial charge in [-0.3, -0.25) is 14.4 Å². The van der Waals surface area contributed by atoms with Crippen LogP contribution in [0.15, 0.2) is 79.9 Å². The van der Waals surface area contributed by atoms with Gasteiger partial charge in [0, 0.05) is 136 Å². The van der Waals surface area contributed by atoms with Crippen molar-refractivity contribution in [1.29, 1.82) is 0 Å². The summed E-state index contributed by atoms with van der Waals surface area (Å²) < 4.78 is 25.2. The molecule has 69 heavy (non-hydrogen) atoms. The summed E-state index contributed by atoms with van der Waals surface area (Å²) in [6, 6.07) is 10.8. The van der Waals surface area contributed by atoms with Crippen LogP contribution in [-0.4, -0.2) is 88.1 Å². The number of aryl methyl sites for hydroxylation is 3. The highest BCUT2D eigenvalue weighted by Crippen LogP contribution is 2.40. The molecule has 3 amide bonds. The molecule has 0 atom stereocenters. The monoisotopic (exact) mass is 965 g/mol. The van der Waals surface area contributed by atoms with E-state index < -0.39 is 0 Å². The van der Waals surface area contributed by atoms with Crippen LogP contribution in [0.2, 0.25) is 10.0 Å². The Morgan fingerprint density at radius 1 is 0.565 bits per heavy atom. The van der Waals surface area contributed by atoms with Gasteiger partial charge in [-0.25, -0.2) is 34.3 Å². The third kappa shape index (κ3) is 7.90. The van der Waals surface area contributed by atoms with E-state index in [1.165, 1.54) is 25.6 Å². The molecule has 3 aromatic carbocycles. The molecule has 0 aliphatic carbocycles. The number of rotatable bonds is 4. The van der Waals surface area contributed by atoms with E-state index in [4.69, 9.17) is 33.7 Å². The smallest absolute Gasteiger partial charge is 0.316 e. The molecular weight excluding hydrogens is 925 g/mol. The molecule has 0 bridgehead atoms. The fourth-order valence-corrected chi connectivity index (χ4v) is 10.1. The second-order valence-corrected chi connectivity index (χ2v) is 17.5. The van der Waals surface area contributed by atoms with Crippen LogP contribution in [0.25, 0.3) is 66.1 Å². The molecule has 3 aliphatic heterocycles. The number of carbonyl (C=O) groups is 3. The zero-order valence-electron chi connectivity index (χ0n) is 37.6. The van der Waals surface area contributed by atoms with Crippen molar-refractivity contribution in [3.8, 4) is 39.4 Å². The quantitative estimate of drug-likeness (QED) is 0.136. The van der Waals surface area contributed by atoms with Crippen LogP contribution >= 0.6 is 23.2 Å². The summed E-state index contributed by atoms with van der Waals surface area (Å²) in [7, 11) is 1.53. The van der Waals surface area contributed by atoms with Crippen molar-refractivity contribution in [3.63, 3.8) is 0 Å². The lowest BCUT2D eigenvalue weighted by Crippen LogP contribution is -2.35. The van der Waals surface area contributed by atoms with Crippen molar-refractivity contribution in [1.82, 2.24) is 59.6 Å². The van der Waals surface area contributed by atoms with Gasteiger partial charge in [0.1, 0.15) is 29.2 Å². The highest BCUT2D eigenvalue weighted by atomic mass is 35.5. The Morgan fingerprint density at radius 3 is 1.36 bits per heavy atom. The summed E-state index contributed by atoms with van der Waals surface area (Å²) in [6.07, 6.45) is 11.5. The molecule has 20 heteroatoms. The van der Waals surface area contributed by atoms with Gasteiger partial charge in [0.05, 0.1) is 23.7 Å². The van der Waals surface area contributed by atoms with E-state index in [-0.39, 0.29) is 29.5 Å². The van der Waals surface area contributed by atoms with Crippen LogP contribution in [0.5, 0.6) is 6.01 Å². The van der Waals surface area contributed by atoms with Crippen molar-refractivity contribution >= 4 is 79.6 Å². The number of anilines is 1. The van der Waals surface area contributed by atoms with Crippen LogP contribution in [0.3, 0.4) is 0 Å². The summed E-state index contributed by atoms with van der Waals surface area (Å²) in [4.78, 5) is 61.2. The number of hydrogen-bond acceptors (Lipinski definition) is 11. The highest BCUT2D eigenvalue weighted by Gasteiger charge is 2.29. The third-order valence-electron chi connectivity index (χ3n) is 12.6. The molecule has 0 saturated carbocycles. The van der Waals surface area contributed by atoms with Crippen molar-refractivity contribution in [2.24, 2.45) is 0 Å². The fraction of sp³-hybridized carbons (Fsp3) is 0.204. The molecule has 0 saturated heterocycles. The average molecular weight is 967 g/mol. The van der Waals surface area contributed by atoms with Crippen molar-refractivity contribution in [2.45, 2.75) is 40.4 Å². The molecule has 6 aromatic heterocycles. The molecule has 5 N–H and O–H groups in total. The summed E-state index contributed by atoms with van der Waals surface area (Å²) in [5.41, 5.74) is 17.9. The van der Waals surface area contributed by atoms with Gasteiger partial charge < -0.3 is 40.1 Å². The lowest BCUT2D eigenvalue weighted by atomic mass is 10.0. The van der Waals surface area contributed by atoms with Gasteiger partial charge in [-0.05, 0) is 73.9 Å². The Morgan fingerprint density at radius 2 is 0.942 bits per heavy atom. The molecule has 12 rings (SSSR count). The number of ether oxygens (including phenoxy) is 1. The number of aromatic nitrogens is 9. The first-order chi connectivity index (χ1) is 33.3. The predicted octanol–water partition coefficient (Wildman–Crippen LogP) is 7.49. The number of nitrogens with zero attached hydrogens (tertiary/aromatic N) is 9. The second-order valence-electron chi connectivity index (χ2n) is 16.6. The number of halogens is 3. The van der Waals surface area contributed by atoms with Crippen molar-refractivity contribution in [2.75, 3.05) is 32.5 Å². The fourth-order valence-electron chi connectivity index (χ4n) is 9.63. The molecule has 0 unspecified atom stereocenters. The van der Waals surface area contributed by atoms with Gasteiger partial charge >= 0.3 is 6.01 Å². The Balaban J connectivity index is 0.000000120. The van der Waals surface area contributed by atoms with Gasteiger partial charge in [0.15, 0.2) is 0 Å². The van der Waals surface area contributed by atoms with Crippen LogP contribution < -0.4 is 26.4 Å². The van der Waals surface area contributed by atoms with Crippen LogP contribution in [-0.2, 0) is 19.6 Å². The van der Waals surface area contributed by atoms with Crippen LogP contribution in [0.1, 0.15) is 48.2 Å². The second kappa shape index (κ2) is 17.9. The highest BCUT2D eigenvalue weighted by molar-refractivity contribution is 6.32. The van der Waals surface area contributed by atoms with E-state index in [1.54, 1.807) is 37.2 Å². The third-order valence-corrected chi connectivity index (χ3v) is 13.0. The molecular formula is C49H42Cl2FN13O4. The Labute approximate surface area is 402 Å². The predicted molar refractivity (Wildman–Crippen MR) is 261 cm³/mol. The Hall–Kier alpha value is -7.96. The van der Waals surface area contributed by atoms with Crippen molar-refractivity contribution < 1.29 is 23.5 Å². The first-order valence-electron chi connectivity index (χ1n) is 21.8. The number of nitrogen functional groups attached to an aromatic ring is 1. The van der Waals surface area contributed by atoms with Gasteiger partial charge in [-0.15, -0.1) is 0 Å². The summed E-state index contributed by atoms with van der Waals surface area (Å²) in [5.74, 6) is -0.336. The molecule has 3 aliphatic rings. The van der Waals surface area contributed by atoms with Crippen LogP contribution in [0.4, 0.5) is 10.3 Å². The molecule has 9 aromatic rings. The number of benzene rings is 3. The standard InChI is InChI=1S/C17H15ClN4O2.C16H14ClN5O.C16H13FN4O/c1-9-12-5-11(18)6-13(10-7-20-17(24-2)21-8-10)15(12)22-4-3-19-16(23)14(9)22;1-8-11-4-10(17)5-12(9-6-20-16(18)21-7-9)14(11)22-3-2-19-15(23)13(8)22;1-9-12-4-11(17)5-13(10-6-18-8-19-7-10)15(12)21-3-2-20-16(22)14(9)21/h5-8H,3-4H2,1-2H3,(H,19,23);4-7H,2-3H2,1H3,(H,19,23)(H2,18,20,21);4-8H,2-3H2,1H3,(H,20,22). The summed E-state index contributed by atoms with van der Waals surface area (Å²) in [6.45, 7) is 9.62. The minimum atomic E-state index is -0.335. The Kier molecular flexibility index (Phi) is 11.7. The SMILES string of the molecule is COc1ncc(-c2cc(Cl)cc3c(C)c4n(c23)CCNC4=O)cn1.Cc1c2n(c3c(-c4cnc(N)nc4)cc(Cl)cc13)CCNC2=O.Cc1c2n(c3c(-c4cncnc4)cc(F)cc13)CCNC2=O. The largest absolute Gasteiger partial charge is 0.467 e. The molecule has 0 radical (unpaired) electrons. The topological polar surface area (TPSA) is 215 Å². The normalized spacial score (nSPS) is 13.9. The minimum absolute atomic E-state index is 0.0528. The average Bonchev–Trinajstić information content (AvgIpc) is 3.93. The van der Waals surface area contributed by atoms with E-state index in [0.717, 1.165) is 90.3 Å².